The highest BCUT2D eigenvalue weighted by Gasteiger charge is 2.22. The van der Waals surface area contributed by atoms with Gasteiger partial charge in [-0.2, -0.15) is 0 Å². The number of rotatable bonds is 8. The average molecular weight is 529 g/mol. The molecule has 4 aromatic rings. The Labute approximate surface area is 208 Å². The predicted molar refractivity (Wildman–Crippen MR) is 138 cm³/mol. The summed E-state index contributed by atoms with van der Waals surface area (Å²) in [4.78, 5) is 20.0. The van der Waals surface area contributed by atoms with Crippen molar-refractivity contribution in [1.82, 2.24) is 4.98 Å². The number of carbonyl (C=O) groups is 1. The molecule has 0 atom stereocenters. The molecule has 0 saturated heterocycles. The minimum Gasteiger partial charge on any atom is -0.283 e. The second-order valence-corrected chi connectivity index (χ2v) is 13.4. The molecule has 182 valence electrons. The van der Waals surface area contributed by atoms with Crippen LogP contribution >= 0.6 is 11.3 Å². The van der Waals surface area contributed by atoms with E-state index in [4.69, 9.17) is 0 Å². The van der Waals surface area contributed by atoms with E-state index in [-0.39, 0.29) is 27.9 Å². The molecule has 35 heavy (non-hydrogen) atoms. The zero-order valence-corrected chi connectivity index (χ0v) is 21.7. The number of hydrogen-bond donors (Lipinski definition) is 0. The first-order valence-electron chi connectivity index (χ1n) is 10.8. The van der Waals surface area contributed by atoms with Crippen molar-refractivity contribution in [3.8, 4) is 0 Å². The summed E-state index contributed by atoms with van der Waals surface area (Å²) >= 11 is 1.25. The van der Waals surface area contributed by atoms with E-state index in [1.165, 1.54) is 29.5 Å². The lowest BCUT2D eigenvalue weighted by Gasteiger charge is -2.20. The van der Waals surface area contributed by atoms with Gasteiger partial charge in [0.2, 0.25) is 5.91 Å². The second kappa shape index (κ2) is 9.88. The van der Waals surface area contributed by atoms with Gasteiger partial charge in [0.25, 0.3) is 0 Å². The summed E-state index contributed by atoms with van der Waals surface area (Å²) in [5, 5.41) is 0.463. The quantitative estimate of drug-likeness (QED) is 0.339. The Morgan fingerprint density at radius 2 is 1.54 bits per heavy atom. The smallest absolute Gasteiger partial charge is 0.233 e. The van der Waals surface area contributed by atoms with Crippen molar-refractivity contribution in [2.75, 3.05) is 16.9 Å². The van der Waals surface area contributed by atoms with Crippen LogP contribution in [0.3, 0.4) is 0 Å². The predicted octanol–water partition coefficient (Wildman–Crippen LogP) is 4.27. The molecule has 0 spiro atoms. The third-order valence-corrected chi connectivity index (χ3v) is 9.41. The van der Waals surface area contributed by atoms with Gasteiger partial charge in [0.15, 0.2) is 24.8 Å². The van der Waals surface area contributed by atoms with Crippen LogP contribution in [0, 0.1) is 0 Å². The van der Waals surface area contributed by atoms with Crippen LogP contribution < -0.4 is 4.90 Å². The van der Waals surface area contributed by atoms with E-state index in [1.807, 2.05) is 30.3 Å². The standard InChI is InChI=1S/C25H24N2O5S3/c1-3-35(31,32)20-11-9-18(10-12-20)15-24(28)27(17-19-7-5-4-6-8-19)25-26-22-14-13-21(34(2,29)30)16-23(22)33-25/h4-14,16H,3,15,17H2,1-2H3. The van der Waals surface area contributed by atoms with Crippen molar-refractivity contribution < 1.29 is 21.6 Å². The molecule has 0 fully saturated rings. The zero-order valence-electron chi connectivity index (χ0n) is 19.2. The number of benzene rings is 3. The number of hydrogen-bond acceptors (Lipinski definition) is 7. The zero-order chi connectivity index (χ0) is 25.2. The average Bonchev–Trinajstić information content (AvgIpc) is 3.26. The summed E-state index contributed by atoms with van der Waals surface area (Å²) in [6.45, 7) is 1.88. The summed E-state index contributed by atoms with van der Waals surface area (Å²) in [6, 6.07) is 20.6. The largest absolute Gasteiger partial charge is 0.283 e. The number of fused-ring (bicyclic) bond motifs is 1. The molecule has 3 aromatic carbocycles. The number of aromatic nitrogens is 1. The molecule has 4 rings (SSSR count). The molecular formula is C25H24N2O5S3. The van der Waals surface area contributed by atoms with E-state index < -0.39 is 19.7 Å². The fourth-order valence-corrected chi connectivity index (χ4v) is 6.15. The van der Waals surface area contributed by atoms with Crippen LogP contribution in [0.15, 0.2) is 82.6 Å². The third kappa shape index (κ3) is 5.77. The Morgan fingerprint density at radius 3 is 2.17 bits per heavy atom. The maximum absolute atomic E-state index is 13.4. The summed E-state index contributed by atoms with van der Waals surface area (Å²) in [6.07, 6.45) is 1.21. The number of amides is 1. The maximum Gasteiger partial charge on any atom is 0.233 e. The minimum absolute atomic E-state index is 0.00871. The van der Waals surface area contributed by atoms with Crippen LogP contribution in [0.2, 0.25) is 0 Å². The van der Waals surface area contributed by atoms with Gasteiger partial charge >= 0.3 is 0 Å². The molecular weight excluding hydrogens is 504 g/mol. The summed E-state index contributed by atoms with van der Waals surface area (Å²) in [5.41, 5.74) is 2.21. The highest BCUT2D eigenvalue weighted by Crippen LogP contribution is 2.32. The molecule has 10 heteroatoms. The monoisotopic (exact) mass is 528 g/mol. The topological polar surface area (TPSA) is 101 Å². The highest BCUT2D eigenvalue weighted by atomic mass is 32.2. The van der Waals surface area contributed by atoms with Gasteiger partial charge in [-0.3, -0.25) is 9.69 Å². The van der Waals surface area contributed by atoms with Crippen LogP contribution in [0.5, 0.6) is 0 Å². The van der Waals surface area contributed by atoms with Crippen LogP contribution in [-0.4, -0.2) is 39.7 Å². The fourth-order valence-electron chi connectivity index (χ4n) is 3.52. The molecule has 1 aromatic heterocycles. The van der Waals surface area contributed by atoms with E-state index >= 15 is 0 Å². The van der Waals surface area contributed by atoms with E-state index in [9.17, 15) is 21.6 Å². The van der Waals surface area contributed by atoms with Gasteiger partial charge in [0.05, 0.1) is 38.7 Å². The van der Waals surface area contributed by atoms with Gasteiger partial charge in [0, 0.05) is 6.26 Å². The number of nitrogens with zero attached hydrogens (tertiary/aromatic N) is 2. The number of carbonyl (C=O) groups excluding carboxylic acids is 1. The van der Waals surface area contributed by atoms with Gasteiger partial charge in [-0.15, -0.1) is 0 Å². The van der Waals surface area contributed by atoms with Crippen molar-refractivity contribution in [2.45, 2.75) is 29.7 Å². The van der Waals surface area contributed by atoms with Gasteiger partial charge in [0.1, 0.15) is 0 Å². The van der Waals surface area contributed by atoms with Crippen LogP contribution in [0.1, 0.15) is 18.1 Å². The minimum atomic E-state index is -3.37. The molecule has 0 aliphatic heterocycles. The lowest BCUT2D eigenvalue weighted by molar-refractivity contribution is -0.118. The first-order valence-corrected chi connectivity index (χ1v) is 15.2. The van der Waals surface area contributed by atoms with Gasteiger partial charge in [-0.05, 0) is 41.5 Å². The molecule has 1 amide bonds. The van der Waals surface area contributed by atoms with E-state index in [2.05, 4.69) is 4.98 Å². The van der Waals surface area contributed by atoms with Gasteiger partial charge in [-0.1, -0.05) is 60.7 Å². The third-order valence-electron chi connectivity index (χ3n) is 5.51. The first kappa shape index (κ1) is 25.0. The van der Waals surface area contributed by atoms with E-state index in [0.29, 0.717) is 27.5 Å². The molecule has 0 radical (unpaired) electrons. The summed E-state index contributed by atoms with van der Waals surface area (Å²) < 4.78 is 48.7. The molecule has 0 aliphatic carbocycles. The maximum atomic E-state index is 13.4. The number of thiazole rings is 1. The lowest BCUT2D eigenvalue weighted by Crippen LogP contribution is -2.31. The number of anilines is 1. The summed E-state index contributed by atoms with van der Waals surface area (Å²) in [5.74, 6) is -0.197. The Bertz CT molecular complexity index is 1580. The van der Waals surface area contributed by atoms with E-state index in [1.54, 1.807) is 36.1 Å². The van der Waals surface area contributed by atoms with Crippen molar-refractivity contribution in [2.24, 2.45) is 0 Å². The van der Waals surface area contributed by atoms with Crippen molar-refractivity contribution in [3.05, 3.63) is 83.9 Å². The Hall–Kier alpha value is -3.08. The molecule has 0 N–H and O–H groups in total. The first-order chi connectivity index (χ1) is 16.6. The number of sulfone groups is 2. The summed E-state index contributed by atoms with van der Waals surface area (Å²) in [7, 11) is -6.69. The van der Waals surface area contributed by atoms with Crippen LogP contribution in [0.4, 0.5) is 5.13 Å². The normalized spacial score (nSPS) is 12.1. The van der Waals surface area contributed by atoms with Crippen molar-refractivity contribution in [1.29, 1.82) is 0 Å². The molecule has 7 nitrogen and oxygen atoms in total. The second-order valence-electron chi connectivity index (χ2n) is 8.09. The van der Waals surface area contributed by atoms with Crippen LogP contribution in [0.25, 0.3) is 10.2 Å². The van der Waals surface area contributed by atoms with Crippen molar-refractivity contribution >= 4 is 52.3 Å². The molecule has 0 unspecified atom stereocenters. The molecule has 0 saturated carbocycles. The molecule has 0 aliphatic rings. The van der Waals surface area contributed by atoms with Crippen LogP contribution in [-0.2, 0) is 37.4 Å². The Balaban J connectivity index is 1.67. The van der Waals surface area contributed by atoms with Gasteiger partial charge in [-0.25, -0.2) is 21.8 Å². The Kier molecular flexibility index (Phi) is 7.07. The van der Waals surface area contributed by atoms with Crippen molar-refractivity contribution in [3.63, 3.8) is 0 Å². The van der Waals surface area contributed by atoms with Gasteiger partial charge < -0.3 is 0 Å². The highest BCUT2D eigenvalue weighted by molar-refractivity contribution is 7.91. The fraction of sp³-hybridized carbons (Fsp3) is 0.200. The lowest BCUT2D eigenvalue weighted by atomic mass is 10.1. The SMILES string of the molecule is CCS(=O)(=O)c1ccc(CC(=O)N(Cc2ccccc2)c2nc3ccc(S(C)(=O)=O)cc3s2)cc1. The molecule has 0 bridgehead atoms. The van der Waals surface area contributed by atoms with E-state index in [0.717, 1.165) is 11.8 Å². The molecule has 1 heterocycles. The Morgan fingerprint density at radius 1 is 0.886 bits per heavy atom.